The van der Waals surface area contributed by atoms with E-state index in [-0.39, 0.29) is 0 Å². The molecule has 0 spiro atoms. The predicted molar refractivity (Wildman–Crippen MR) is 59.1 cm³/mol. The van der Waals surface area contributed by atoms with Gasteiger partial charge in [-0.3, -0.25) is 0 Å². The number of rotatable bonds is 1. The van der Waals surface area contributed by atoms with Crippen LogP contribution in [-0.4, -0.2) is 13.2 Å². The Hall–Kier alpha value is -0.700. The Balaban J connectivity index is 2.41. The van der Waals surface area contributed by atoms with Crippen LogP contribution in [0, 0.1) is 0 Å². The van der Waals surface area contributed by atoms with Gasteiger partial charge in [-0.15, -0.1) is 0 Å². The van der Waals surface area contributed by atoms with E-state index in [0.29, 0.717) is 0 Å². The molecule has 0 bridgehead atoms. The third-order valence-electron chi connectivity index (χ3n) is 2.30. The van der Waals surface area contributed by atoms with Gasteiger partial charge in [0.05, 0.1) is 13.2 Å². The van der Waals surface area contributed by atoms with Crippen molar-refractivity contribution in [3.63, 3.8) is 0 Å². The minimum Gasteiger partial charge on any atom is -0.490 e. The lowest BCUT2D eigenvalue weighted by molar-refractivity contribution is 0.297. The molecule has 0 aliphatic carbocycles. The summed E-state index contributed by atoms with van der Waals surface area (Å²) in [5.41, 5.74) is 1.26. The fraction of sp³-hybridized carbons (Fsp3) is 0.455. The van der Waals surface area contributed by atoms with Gasteiger partial charge in [0.15, 0.2) is 11.5 Å². The van der Waals surface area contributed by atoms with Crippen LogP contribution in [0.5, 0.6) is 11.5 Å². The molecule has 1 aliphatic heterocycles. The quantitative estimate of drug-likeness (QED) is 0.769. The summed E-state index contributed by atoms with van der Waals surface area (Å²) < 4.78 is 12.3. The monoisotopic (exact) mass is 256 g/mol. The molecule has 3 heteroatoms. The Morgan fingerprint density at radius 2 is 1.86 bits per heavy atom. The molecule has 0 N–H and O–H groups in total. The first-order valence-corrected chi connectivity index (χ1v) is 5.68. The minimum atomic E-state index is 0.741. The van der Waals surface area contributed by atoms with Crippen LogP contribution in [0.3, 0.4) is 0 Å². The van der Waals surface area contributed by atoms with Crippen LogP contribution >= 0.6 is 15.9 Å². The van der Waals surface area contributed by atoms with Gasteiger partial charge in [-0.05, 0) is 24.1 Å². The van der Waals surface area contributed by atoms with E-state index in [2.05, 4.69) is 28.9 Å². The summed E-state index contributed by atoms with van der Waals surface area (Å²) in [4.78, 5) is 0. The van der Waals surface area contributed by atoms with Gasteiger partial charge < -0.3 is 9.47 Å². The largest absolute Gasteiger partial charge is 0.490 e. The van der Waals surface area contributed by atoms with E-state index < -0.39 is 0 Å². The molecule has 0 saturated carbocycles. The highest BCUT2D eigenvalue weighted by Crippen LogP contribution is 2.35. The molecule has 0 atom stereocenters. The maximum Gasteiger partial charge on any atom is 0.162 e. The molecule has 2 rings (SSSR count). The first-order chi connectivity index (χ1) is 6.81. The minimum absolute atomic E-state index is 0.741. The second kappa shape index (κ2) is 4.22. The molecule has 0 radical (unpaired) electrons. The molecule has 0 aromatic heterocycles. The summed E-state index contributed by atoms with van der Waals surface area (Å²) in [7, 11) is 0. The van der Waals surface area contributed by atoms with E-state index in [4.69, 9.17) is 9.47 Å². The molecule has 1 heterocycles. The predicted octanol–water partition coefficient (Wildman–Crippen LogP) is 3.17. The van der Waals surface area contributed by atoms with Gasteiger partial charge in [0.2, 0.25) is 0 Å². The Labute approximate surface area is 92.3 Å². The average Bonchev–Trinajstić information content (AvgIpc) is 2.41. The number of ether oxygens (including phenoxy) is 2. The van der Waals surface area contributed by atoms with Crippen molar-refractivity contribution in [1.82, 2.24) is 0 Å². The second-order valence-electron chi connectivity index (χ2n) is 3.29. The van der Waals surface area contributed by atoms with Gasteiger partial charge in [-0.1, -0.05) is 22.9 Å². The van der Waals surface area contributed by atoms with Gasteiger partial charge in [0.1, 0.15) is 0 Å². The standard InChI is InChI=1S/C11H13BrO2/c1-2-8-6-10-11(7-9(8)12)14-5-3-4-13-10/h6-7H,2-5H2,1H3. The number of hydrogen-bond donors (Lipinski definition) is 0. The summed E-state index contributed by atoms with van der Waals surface area (Å²) in [6.07, 6.45) is 1.95. The van der Waals surface area contributed by atoms with Crippen LogP contribution < -0.4 is 9.47 Å². The van der Waals surface area contributed by atoms with Gasteiger partial charge in [0.25, 0.3) is 0 Å². The molecule has 0 unspecified atom stereocenters. The van der Waals surface area contributed by atoms with E-state index in [9.17, 15) is 0 Å². The Kier molecular flexibility index (Phi) is 2.96. The van der Waals surface area contributed by atoms with Crippen LogP contribution in [-0.2, 0) is 6.42 Å². The number of benzene rings is 1. The molecule has 14 heavy (non-hydrogen) atoms. The molecule has 1 aliphatic rings. The topological polar surface area (TPSA) is 18.5 Å². The fourth-order valence-electron chi connectivity index (χ4n) is 1.50. The van der Waals surface area contributed by atoms with Gasteiger partial charge in [0, 0.05) is 10.9 Å². The molecule has 2 nitrogen and oxygen atoms in total. The normalized spacial score (nSPS) is 15.0. The zero-order valence-corrected chi connectivity index (χ0v) is 9.76. The number of halogens is 1. The summed E-state index contributed by atoms with van der Waals surface area (Å²) in [5, 5.41) is 0. The zero-order chi connectivity index (χ0) is 9.97. The average molecular weight is 257 g/mol. The van der Waals surface area contributed by atoms with Crippen LogP contribution in [0.15, 0.2) is 16.6 Å². The molecular weight excluding hydrogens is 244 g/mol. The van der Waals surface area contributed by atoms with E-state index in [1.807, 2.05) is 6.07 Å². The van der Waals surface area contributed by atoms with Crippen LogP contribution in [0.4, 0.5) is 0 Å². The Morgan fingerprint density at radius 3 is 2.50 bits per heavy atom. The Morgan fingerprint density at radius 1 is 1.21 bits per heavy atom. The lowest BCUT2D eigenvalue weighted by Crippen LogP contribution is -1.97. The zero-order valence-electron chi connectivity index (χ0n) is 8.18. The van der Waals surface area contributed by atoms with Gasteiger partial charge >= 0.3 is 0 Å². The third-order valence-corrected chi connectivity index (χ3v) is 3.04. The van der Waals surface area contributed by atoms with Crippen LogP contribution in [0.25, 0.3) is 0 Å². The molecule has 1 aromatic carbocycles. The number of fused-ring (bicyclic) bond motifs is 1. The summed E-state index contributed by atoms with van der Waals surface area (Å²) in [5.74, 6) is 1.73. The SMILES string of the molecule is CCc1cc2c(cc1Br)OCCCO2. The molecule has 0 fully saturated rings. The smallest absolute Gasteiger partial charge is 0.162 e. The van der Waals surface area contributed by atoms with Crippen molar-refractivity contribution >= 4 is 15.9 Å². The van der Waals surface area contributed by atoms with Crippen molar-refractivity contribution in [2.75, 3.05) is 13.2 Å². The highest BCUT2D eigenvalue weighted by atomic mass is 79.9. The Bertz CT molecular complexity index is 336. The van der Waals surface area contributed by atoms with E-state index >= 15 is 0 Å². The lowest BCUT2D eigenvalue weighted by Gasteiger charge is -2.10. The molecule has 0 amide bonds. The van der Waals surface area contributed by atoms with Crippen molar-refractivity contribution in [2.24, 2.45) is 0 Å². The number of hydrogen-bond acceptors (Lipinski definition) is 2. The molecule has 0 saturated heterocycles. The molecule has 76 valence electrons. The lowest BCUT2D eigenvalue weighted by atomic mass is 10.1. The van der Waals surface area contributed by atoms with E-state index in [0.717, 1.165) is 42.0 Å². The second-order valence-corrected chi connectivity index (χ2v) is 4.15. The van der Waals surface area contributed by atoms with Crippen molar-refractivity contribution in [3.8, 4) is 11.5 Å². The van der Waals surface area contributed by atoms with Crippen LogP contribution in [0.2, 0.25) is 0 Å². The number of aryl methyl sites for hydroxylation is 1. The summed E-state index contributed by atoms with van der Waals surface area (Å²) in [6, 6.07) is 4.06. The third kappa shape index (κ3) is 1.87. The molecular formula is C11H13BrO2. The van der Waals surface area contributed by atoms with Crippen molar-refractivity contribution in [2.45, 2.75) is 19.8 Å². The highest BCUT2D eigenvalue weighted by Gasteiger charge is 2.12. The van der Waals surface area contributed by atoms with E-state index in [1.54, 1.807) is 0 Å². The van der Waals surface area contributed by atoms with Crippen molar-refractivity contribution < 1.29 is 9.47 Å². The molecule has 1 aromatic rings. The fourth-order valence-corrected chi connectivity index (χ4v) is 2.10. The van der Waals surface area contributed by atoms with Gasteiger partial charge in [-0.25, -0.2) is 0 Å². The first-order valence-electron chi connectivity index (χ1n) is 4.89. The van der Waals surface area contributed by atoms with Crippen molar-refractivity contribution in [1.29, 1.82) is 0 Å². The van der Waals surface area contributed by atoms with Crippen LogP contribution in [0.1, 0.15) is 18.9 Å². The van der Waals surface area contributed by atoms with Crippen molar-refractivity contribution in [3.05, 3.63) is 22.2 Å². The summed E-state index contributed by atoms with van der Waals surface area (Å²) in [6.45, 7) is 3.62. The maximum atomic E-state index is 5.60. The first kappa shape index (κ1) is 9.84. The maximum absolute atomic E-state index is 5.60. The van der Waals surface area contributed by atoms with E-state index in [1.165, 1.54) is 5.56 Å². The van der Waals surface area contributed by atoms with Gasteiger partial charge in [-0.2, -0.15) is 0 Å². The highest BCUT2D eigenvalue weighted by molar-refractivity contribution is 9.10. The summed E-state index contributed by atoms with van der Waals surface area (Å²) >= 11 is 3.53.